The molecule has 0 saturated heterocycles. The van der Waals surface area contributed by atoms with Gasteiger partial charge in [0.15, 0.2) is 0 Å². The predicted molar refractivity (Wildman–Crippen MR) is 122 cm³/mol. The van der Waals surface area contributed by atoms with Crippen molar-refractivity contribution in [2.45, 2.75) is 46.7 Å². The molecule has 3 aromatic rings. The Bertz CT molecular complexity index is 1130. The molecule has 0 unspecified atom stereocenters. The lowest BCUT2D eigenvalue weighted by Crippen LogP contribution is -2.32. The zero-order valence-electron chi connectivity index (χ0n) is 18.3. The van der Waals surface area contributed by atoms with Gasteiger partial charge in [0.25, 0.3) is 0 Å². The third-order valence-corrected chi connectivity index (χ3v) is 6.42. The second kappa shape index (κ2) is 8.64. The van der Waals surface area contributed by atoms with Gasteiger partial charge in [0.2, 0.25) is 0 Å². The molecule has 0 saturated carbocycles. The number of carboxylic acids is 1. The van der Waals surface area contributed by atoms with Crippen molar-refractivity contribution in [3.63, 3.8) is 0 Å². The maximum absolute atomic E-state index is 13.6. The fourth-order valence-electron chi connectivity index (χ4n) is 4.84. The minimum atomic E-state index is -0.806. The number of fused-ring (bicyclic) bond motifs is 1. The van der Waals surface area contributed by atoms with Crippen LogP contribution in [0, 0.1) is 26.6 Å². The van der Waals surface area contributed by atoms with Crippen molar-refractivity contribution < 1.29 is 14.3 Å². The highest BCUT2D eigenvalue weighted by molar-refractivity contribution is 5.81. The Labute approximate surface area is 183 Å². The summed E-state index contributed by atoms with van der Waals surface area (Å²) in [4.78, 5) is 14.0. The largest absolute Gasteiger partial charge is 0.481 e. The summed E-state index contributed by atoms with van der Waals surface area (Å²) in [6, 6.07) is 15.1. The Morgan fingerprint density at radius 3 is 2.45 bits per heavy atom. The van der Waals surface area contributed by atoms with E-state index in [4.69, 9.17) is 0 Å². The van der Waals surface area contributed by atoms with Gasteiger partial charge in [0.05, 0.1) is 6.42 Å². The Morgan fingerprint density at radius 1 is 1.03 bits per heavy atom. The molecule has 1 aliphatic heterocycles. The summed E-state index contributed by atoms with van der Waals surface area (Å²) in [7, 11) is 0. The van der Waals surface area contributed by atoms with E-state index in [9.17, 15) is 14.3 Å². The van der Waals surface area contributed by atoms with Crippen LogP contribution in [0.4, 0.5) is 4.39 Å². The fourth-order valence-corrected chi connectivity index (χ4v) is 4.84. The van der Waals surface area contributed by atoms with Crippen LogP contribution in [0.15, 0.2) is 48.5 Å². The fraction of sp³-hybridized carbons (Fsp3) is 0.296. The summed E-state index contributed by atoms with van der Waals surface area (Å²) >= 11 is 0. The van der Waals surface area contributed by atoms with Gasteiger partial charge in [-0.2, -0.15) is 0 Å². The maximum atomic E-state index is 13.6. The van der Waals surface area contributed by atoms with Crippen LogP contribution < -0.4 is 0 Å². The Morgan fingerprint density at radius 2 is 1.77 bits per heavy atom. The van der Waals surface area contributed by atoms with Crippen LogP contribution in [0.25, 0.3) is 11.1 Å². The first-order valence-corrected chi connectivity index (χ1v) is 10.7. The first-order valence-electron chi connectivity index (χ1n) is 10.7. The number of hydrogen-bond donors (Lipinski definition) is 1. The van der Waals surface area contributed by atoms with E-state index in [1.54, 1.807) is 12.1 Å². The zero-order valence-corrected chi connectivity index (χ0v) is 18.3. The predicted octanol–water partition coefficient (Wildman–Crippen LogP) is 5.60. The molecule has 4 rings (SSSR count). The van der Waals surface area contributed by atoms with Crippen molar-refractivity contribution in [3.8, 4) is 11.1 Å². The van der Waals surface area contributed by atoms with Gasteiger partial charge in [-0.15, -0.1) is 0 Å². The van der Waals surface area contributed by atoms with Crippen molar-refractivity contribution in [1.82, 2.24) is 4.90 Å². The van der Waals surface area contributed by atoms with Gasteiger partial charge in [-0.05, 0) is 83.8 Å². The van der Waals surface area contributed by atoms with Crippen LogP contribution in [0.5, 0.6) is 0 Å². The molecule has 1 N–H and O–H groups in total. The van der Waals surface area contributed by atoms with Crippen LogP contribution in [0.1, 0.15) is 38.9 Å². The van der Waals surface area contributed by atoms with E-state index in [-0.39, 0.29) is 12.2 Å². The summed E-state index contributed by atoms with van der Waals surface area (Å²) in [6.07, 6.45) is 0.897. The lowest BCUT2D eigenvalue weighted by atomic mass is 9.81. The van der Waals surface area contributed by atoms with Crippen LogP contribution in [-0.4, -0.2) is 22.5 Å². The van der Waals surface area contributed by atoms with Gasteiger partial charge in [0.1, 0.15) is 5.82 Å². The molecule has 0 aliphatic carbocycles. The monoisotopic (exact) mass is 417 g/mol. The molecule has 0 aromatic heterocycles. The topological polar surface area (TPSA) is 40.5 Å². The van der Waals surface area contributed by atoms with E-state index in [1.807, 2.05) is 6.07 Å². The average Bonchev–Trinajstić information content (AvgIpc) is 2.73. The molecule has 0 bridgehead atoms. The summed E-state index contributed by atoms with van der Waals surface area (Å²) in [5, 5.41) is 9.59. The molecular formula is C27H28FNO2. The normalized spacial score (nSPS) is 13.8. The number of benzene rings is 3. The third-order valence-electron chi connectivity index (χ3n) is 6.42. The van der Waals surface area contributed by atoms with Crippen LogP contribution in [0.3, 0.4) is 0 Å². The van der Waals surface area contributed by atoms with Gasteiger partial charge in [-0.25, -0.2) is 4.39 Å². The number of aryl methyl sites for hydroxylation is 1. The second-order valence-corrected chi connectivity index (χ2v) is 8.59. The van der Waals surface area contributed by atoms with E-state index in [0.717, 1.165) is 52.9 Å². The third kappa shape index (κ3) is 4.40. The minimum absolute atomic E-state index is 0.0240. The molecule has 1 aliphatic rings. The maximum Gasteiger partial charge on any atom is 0.307 e. The number of carbonyl (C=O) groups is 1. The molecule has 0 fully saturated rings. The Kier molecular flexibility index (Phi) is 5.92. The van der Waals surface area contributed by atoms with E-state index < -0.39 is 5.97 Å². The summed E-state index contributed by atoms with van der Waals surface area (Å²) in [5.74, 6) is -1.01. The highest BCUT2D eigenvalue weighted by atomic mass is 19.1. The molecule has 4 heteroatoms. The quantitative estimate of drug-likeness (QED) is 0.587. The molecule has 3 aromatic carbocycles. The number of rotatable bonds is 5. The molecule has 31 heavy (non-hydrogen) atoms. The number of hydrogen-bond acceptors (Lipinski definition) is 2. The van der Waals surface area contributed by atoms with Crippen molar-refractivity contribution >= 4 is 5.97 Å². The SMILES string of the molecule is Cc1ccc(-c2c(C)c3c(c(C)c2CC(=O)O)CCN(Cc2cccc(F)c2)C3)cc1. The van der Waals surface area contributed by atoms with E-state index >= 15 is 0 Å². The van der Waals surface area contributed by atoms with E-state index in [1.165, 1.54) is 22.8 Å². The Hall–Kier alpha value is -2.98. The molecule has 160 valence electrons. The van der Waals surface area contributed by atoms with Crippen molar-refractivity contribution in [2.75, 3.05) is 6.54 Å². The highest BCUT2D eigenvalue weighted by Gasteiger charge is 2.26. The first kappa shape index (κ1) is 21.3. The number of nitrogens with zero attached hydrogens (tertiary/aromatic N) is 1. The van der Waals surface area contributed by atoms with Crippen LogP contribution in [-0.2, 0) is 30.7 Å². The number of halogens is 1. The second-order valence-electron chi connectivity index (χ2n) is 8.59. The lowest BCUT2D eigenvalue weighted by Gasteiger charge is -2.33. The van der Waals surface area contributed by atoms with Gasteiger partial charge >= 0.3 is 5.97 Å². The Balaban J connectivity index is 1.77. The number of aliphatic carboxylic acids is 1. The molecule has 0 spiro atoms. The summed E-state index contributed by atoms with van der Waals surface area (Å²) < 4.78 is 13.6. The van der Waals surface area contributed by atoms with Gasteiger partial charge in [-0.3, -0.25) is 9.69 Å². The molecule has 0 amide bonds. The molecule has 3 nitrogen and oxygen atoms in total. The van der Waals surface area contributed by atoms with Crippen LogP contribution in [0.2, 0.25) is 0 Å². The standard InChI is InChI=1S/C27H28FNO2/c1-17-7-9-21(10-8-17)27-19(3)25-16-29(15-20-5-4-6-22(28)13-20)12-11-23(25)18(2)24(27)14-26(30)31/h4-10,13H,11-12,14-16H2,1-3H3,(H,30,31). The highest BCUT2D eigenvalue weighted by Crippen LogP contribution is 2.38. The summed E-state index contributed by atoms with van der Waals surface area (Å²) in [5.41, 5.74) is 10.00. The van der Waals surface area contributed by atoms with E-state index in [0.29, 0.717) is 6.54 Å². The molecule has 0 atom stereocenters. The van der Waals surface area contributed by atoms with Gasteiger partial charge < -0.3 is 5.11 Å². The average molecular weight is 418 g/mol. The van der Waals surface area contributed by atoms with E-state index in [2.05, 4.69) is 49.9 Å². The smallest absolute Gasteiger partial charge is 0.307 e. The van der Waals surface area contributed by atoms with Crippen LogP contribution >= 0.6 is 0 Å². The van der Waals surface area contributed by atoms with Gasteiger partial charge in [0, 0.05) is 19.6 Å². The molecular weight excluding hydrogens is 389 g/mol. The summed E-state index contributed by atoms with van der Waals surface area (Å²) in [6.45, 7) is 8.59. The van der Waals surface area contributed by atoms with Gasteiger partial charge in [-0.1, -0.05) is 42.0 Å². The van der Waals surface area contributed by atoms with Crippen molar-refractivity contribution in [3.05, 3.63) is 93.3 Å². The lowest BCUT2D eigenvalue weighted by molar-refractivity contribution is -0.136. The minimum Gasteiger partial charge on any atom is -0.481 e. The first-order chi connectivity index (χ1) is 14.8. The molecule has 0 radical (unpaired) electrons. The van der Waals surface area contributed by atoms with Crippen molar-refractivity contribution in [2.24, 2.45) is 0 Å². The van der Waals surface area contributed by atoms with Crippen molar-refractivity contribution in [1.29, 1.82) is 0 Å². The number of carboxylic acid groups (broad SMARTS) is 1. The molecule has 1 heterocycles. The zero-order chi connectivity index (χ0) is 22.1.